The van der Waals surface area contributed by atoms with Crippen molar-refractivity contribution < 1.29 is 9.52 Å². The number of benzene rings is 2. The number of oxazole rings is 1. The molecule has 1 aromatic heterocycles. The number of nitrogens with zero attached hydrogens (tertiary/aromatic N) is 1. The van der Waals surface area contributed by atoms with Gasteiger partial charge < -0.3 is 9.52 Å². The van der Waals surface area contributed by atoms with Gasteiger partial charge in [-0.15, -0.1) is 0 Å². The molecule has 0 aliphatic rings. The fourth-order valence-electron chi connectivity index (χ4n) is 2.50. The molecular formula is C18H19NO2. The Morgan fingerprint density at radius 3 is 2.57 bits per heavy atom. The summed E-state index contributed by atoms with van der Waals surface area (Å²) in [5.41, 5.74) is 2.94. The number of rotatable bonds is 6. The van der Waals surface area contributed by atoms with Crippen LogP contribution in [0.3, 0.4) is 0 Å². The molecule has 21 heavy (non-hydrogen) atoms. The highest BCUT2D eigenvalue weighted by Crippen LogP contribution is 2.17. The Morgan fingerprint density at radius 1 is 1.00 bits per heavy atom. The van der Waals surface area contributed by atoms with Crippen LogP contribution >= 0.6 is 0 Å². The first kappa shape index (κ1) is 13.8. The quantitative estimate of drug-likeness (QED) is 0.748. The number of aliphatic hydroxyl groups excluding tert-OH is 1. The van der Waals surface area contributed by atoms with Crippen molar-refractivity contribution >= 4 is 11.1 Å². The molecule has 1 heterocycles. The Bertz CT molecular complexity index is 658. The molecule has 0 saturated carbocycles. The van der Waals surface area contributed by atoms with E-state index in [1.165, 1.54) is 5.56 Å². The van der Waals surface area contributed by atoms with Crippen molar-refractivity contribution in [2.45, 2.75) is 31.8 Å². The molecule has 3 heteroatoms. The average molecular weight is 281 g/mol. The topological polar surface area (TPSA) is 46.3 Å². The first-order valence-corrected chi connectivity index (χ1v) is 7.38. The Labute approximate surface area is 124 Å². The molecule has 1 N–H and O–H groups in total. The fourth-order valence-corrected chi connectivity index (χ4v) is 2.50. The minimum atomic E-state index is -0.401. The van der Waals surface area contributed by atoms with E-state index >= 15 is 0 Å². The SMILES string of the molecule is OC(CCCc1ccccc1)Cc1nc2ccccc2o1. The second kappa shape index (κ2) is 6.55. The van der Waals surface area contributed by atoms with Gasteiger partial charge in [0.2, 0.25) is 0 Å². The average Bonchev–Trinajstić information content (AvgIpc) is 2.90. The molecule has 2 aromatic carbocycles. The van der Waals surface area contributed by atoms with Crippen LogP contribution in [0.25, 0.3) is 11.1 Å². The Hall–Kier alpha value is -2.13. The summed E-state index contributed by atoms with van der Waals surface area (Å²) >= 11 is 0. The van der Waals surface area contributed by atoms with Crippen LogP contribution < -0.4 is 0 Å². The van der Waals surface area contributed by atoms with Crippen molar-refractivity contribution in [3.63, 3.8) is 0 Å². The lowest BCUT2D eigenvalue weighted by Crippen LogP contribution is -2.10. The van der Waals surface area contributed by atoms with Gasteiger partial charge in [0.05, 0.1) is 12.5 Å². The summed E-state index contributed by atoms with van der Waals surface area (Å²) in [5, 5.41) is 10.1. The van der Waals surface area contributed by atoms with Crippen molar-refractivity contribution in [2.24, 2.45) is 0 Å². The van der Waals surface area contributed by atoms with E-state index in [0.29, 0.717) is 12.3 Å². The predicted octanol–water partition coefficient (Wildman–Crippen LogP) is 3.75. The highest BCUT2D eigenvalue weighted by Gasteiger charge is 2.11. The van der Waals surface area contributed by atoms with E-state index in [1.807, 2.05) is 42.5 Å². The molecule has 3 nitrogen and oxygen atoms in total. The molecule has 108 valence electrons. The maximum atomic E-state index is 10.1. The van der Waals surface area contributed by atoms with Gasteiger partial charge in [0.15, 0.2) is 11.5 Å². The lowest BCUT2D eigenvalue weighted by atomic mass is 10.0. The largest absolute Gasteiger partial charge is 0.441 e. The van der Waals surface area contributed by atoms with Gasteiger partial charge in [-0.25, -0.2) is 4.98 Å². The number of para-hydroxylation sites is 2. The monoisotopic (exact) mass is 281 g/mol. The molecule has 0 saturated heterocycles. The summed E-state index contributed by atoms with van der Waals surface area (Å²) in [7, 11) is 0. The van der Waals surface area contributed by atoms with E-state index in [4.69, 9.17) is 4.42 Å². The minimum Gasteiger partial charge on any atom is -0.441 e. The maximum Gasteiger partial charge on any atom is 0.198 e. The molecule has 3 rings (SSSR count). The summed E-state index contributed by atoms with van der Waals surface area (Å²) in [6.07, 6.45) is 2.79. The first-order valence-electron chi connectivity index (χ1n) is 7.38. The van der Waals surface area contributed by atoms with E-state index in [1.54, 1.807) is 0 Å². The Morgan fingerprint density at radius 2 is 1.76 bits per heavy atom. The number of hydrogen-bond acceptors (Lipinski definition) is 3. The summed E-state index contributed by atoms with van der Waals surface area (Å²) in [6, 6.07) is 18.0. The number of aryl methyl sites for hydroxylation is 1. The second-order valence-electron chi connectivity index (χ2n) is 5.31. The molecule has 0 aliphatic carbocycles. The lowest BCUT2D eigenvalue weighted by molar-refractivity contribution is 0.154. The van der Waals surface area contributed by atoms with Crippen LogP contribution in [0.5, 0.6) is 0 Å². The molecule has 1 unspecified atom stereocenters. The van der Waals surface area contributed by atoms with Crippen LogP contribution in [0, 0.1) is 0 Å². The fraction of sp³-hybridized carbons (Fsp3) is 0.278. The third-order valence-corrected chi connectivity index (χ3v) is 3.59. The number of hydrogen-bond donors (Lipinski definition) is 1. The van der Waals surface area contributed by atoms with Crippen LogP contribution in [0.4, 0.5) is 0 Å². The second-order valence-corrected chi connectivity index (χ2v) is 5.31. The Kier molecular flexibility index (Phi) is 4.31. The summed E-state index contributed by atoms with van der Waals surface area (Å²) in [5.74, 6) is 0.614. The van der Waals surface area contributed by atoms with Crippen molar-refractivity contribution in [1.82, 2.24) is 4.98 Å². The summed E-state index contributed by atoms with van der Waals surface area (Å²) in [4.78, 5) is 4.39. The molecule has 0 bridgehead atoms. The van der Waals surface area contributed by atoms with Gasteiger partial charge in [-0.1, -0.05) is 42.5 Å². The molecule has 0 aliphatic heterocycles. The van der Waals surface area contributed by atoms with Crippen LogP contribution in [-0.2, 0) is 12.8 Å². The van der Waals surface area contributed by atoms with Gasteiger partial charge in [0.1, 0.15) is 5.52 Å². The zero-order chi connectivity index (χ0) is 14.5. The minimum absolute atomic E-state index is 0.401. The normalized spacial score (nSPS) is 12.6. The van der Waals surface area contributed by atoms with Gasteiger partial charge >= 0.3 is 0 Å². The standard InChI is InChI=1S/C18H19NO2/c20-15(10-6-9-14-7-2-1-3-8-14)13-18-19-16-11-4-5-12-17(16)21-18/h1-5,7-8,11-12,15,20H,6,9-10,13H2. The van der Waals surface area contributed by atoms with Crippen molar-refractivity contribution in [3.05, 3.63) is 66.1 Å². The molecule has 0 fully saturated rings. The molecule has 0 spiro atoms. The van der Waals surface area contributed by atoms with Crippen molar-refractivity contribution in [3.8, 4) is 0 Å². The highest BCUT2D eigenvalue weighted by atomic mass is 16.4. The number of aliphatic hydroxyl groups is 1. The predicted molar refractivity (Wildman–Crippen MR) is 83.1 cm³/mol. The lowest BCUT2D eigenvalue weighted by Gasteiger charge is -2.07. The third-order valence-electron chi connectivity index (χ3n) is 3.59. The van der Waals surface area contributed by atoms with Crippen LogP contribution in [0.2, 0.25) is 0 Å². The van der Waals surface area contributed by atoms with Gasteiger partial charge in [0.25, 0.3) is 0 Å². The van der Waals surface area contributed by atoms with Gasteiger partial charge in [-0.3, -0.25) is 0 Å². The van der Waals surface area contributed by atoms with E-state index < -0.39 is 6.10 Å². The zero-order valence-corrected chi connectivity index (χ0v) is 11.9. The number of aromatic nitrogens is 1. The summed E-state index contributed by atoms with van der Waals surface area (Å²) < 4.78 is 5.63. The molecule has 0 radical (unpaired) electrons. The maximum absolute atomic E-state index is 10.1. The molecule has 3 aromatic rings. The van der Waals surface area contributed by atoms with E-state index in [0.717, 1.165) is 30.4 Å². The summed E-state index contributed by atoms with van der Waals surface area (Å²) in [6.45, 7) is 0. The van der Waals surface area contributed by atoms with Crippen LogP contribution in [0.15, 0.2) is 59.0 Å². The highest BCUT2D eigenvalue weighted by molar-refractivity contribution is 5.72. The van der Waals surface area contributed by atoms with Crippen LogP contribution in [-0.4, -0.2) is 16.2 Å². The van der Waals surface area contributed by atoms with Crippen LogP contribution in [0.1, 0.15) is 24.3 Å². The van der Waals surface area contributed by atoms with E-state index in [2.05, 4.69) is 17.1 Å². The van der Waals surface area contributed by atoms with Crippen molar-refractivity contribution in [1.29, 1.82) is 0 Å². The zero-order valence-electron chi connectivity index (χ0n) is 11.9. The molecule has 1 atom stereocenters. The molecular weight excluding hydrogens is 262 g/mol. The first-order chi connectivity index (χ1) is 10.3. The molecule has 0 amide bonds. The third kappa shape index (κ3) is 3.70. The van der Waals surface area contributed by atoms with E-state index in [-0.39, 0.29) is 0 Å². The van der Waals surface area contributed by atoms with Gasteiger partial charge in [-0.05, 0) is 37.0 Å². The van der Waals surface area contributed by atoms with Gasteiger partial charge in [-0.2, -0.15) is 0 Å². The number of fused-ring (bicyclic) bond motifs is 1. The smallest absolute Gasteiger partial charge is 0.198 e. The Balaban J connectivity index is 1.50. The van der Waals surface area contributed by atoms with E-state index in [9.17, 15) is 5.11 Å². The van der Waals surface area contributed by atoms with Crippen molar-refractivity contribution in [2.75, 3.05) is 0 Å². The van der Waals surface area contributed by atoms with Gasteiger partial charge in [0, 0.05) is 0 Å².